The van der Waals surface area contributed by atoms with Crippen LogP contribution < -0.4 is 5.32 Å². The van der Waals surface area contributed by atoms with Crippen LogP contribution in [-0.4, -0.2) is 11.0 Å². The van der Waals surface area contributed by atoms with Crippen LogP contribution in [0, 0.1) is 0 Å². The Morgan fingerprint density at radius 3 is 2.28 bits per heavy atom. The molecule has 0 spiro atoms. The summed E-state index contributed by atoms with van der Waals surface area (Å²) in [6, 6.07) is 5.08. The molecule has 0 saturated heterocycles. The molecular weight excluding hydrogens is 261 g/mol. The molecule has 1 aromatic heterocycles. The van der Waals surface area contributed by atoms with Gasteiger partial charge in [0.25, 0.3) is 0 Å². The van der Waals surface area contributed by atoms with Gasteiger partial charge in [0.05, 0.1) is 11.3 Å². The van der Waals surface area contributed by atoms with Crippen LogP contribution in [-0.2, 0) is 6.18 Å². The monoisotopic (exact) mass is 272 g/mol. The van der Waals surface area contributed by atoms with Gasteiger partial charge in [-0.15, -0.1) is 0 Å². The van der Waals surface area contributed by atoms with E-state index in [-0.39, 0.29) is 0 Å². The van der Waals surface area contributed by atoms with E-state index in [0.717, 1.165) is 17.8 Å². The highest BCUT2D eigenvalue weighted by Crippen LogP contribution is 2.29. The molecule has 2 nitrogen and oxygen atoms in total. The van der Waals surface area contributed by atoms with E-state index in [9.17, 15) is 13.2 Å². The Morgan fingerprint density at radius 2 is 1.89 bits per heavy atom. The zero-order valence-electron chi connectivity index (χ0n) is 9.53. The van der Waals surface area contributed by atoms with Gasteiger partial charge in [0.1, 0.15) is 0 Å². The third kappa shape index (κ3) is 2.76. The van der Waals surface area contributed by atoms with Gasteiger partial charge in [-0.3, -0.25) is 3.96 Å². The van der Waals surface area contributed by atoms with Gasteiger partial charge in [-0.25, -0.2) is 0 Å². The van der Waals surface area contributed by atoms with Gasteiger partial charge >= 0.3 is 6.18 Å². The molecule has 0 aliphatic heterocycles. The first-order valence-electron chi connectivity index (χ1n) is 5.19. The summed E-state index contributed by atoms with van der Waals surface area (Å²) in [5.41, 5.74) is 0.840. The molecule has 0 unspecified atom stereocenters. The number of hydrogen-bond donors (Lipinski definition) is 1. The van der Waals surface area contributed by atoms with Crippen molar-refractivity contribution in [1.82, 2.24) is 9.27 Å². The number of rotatable bonds is 3. The number of nitrogens with one attached hydrogen (secondary N) is 1. The van der Waals surface area contributed by atoms with Crippen molar-refractivity contribution in [3.63, 3.8) is 0 Å². The van der Waals surface area contributed by atoms with Crippen LogP contribution in [0.1, 0.15) is 11.1 Å². The molecule has 0 amide bonds. The van der Waals surface area contributed by atoms with Gasteiger partial charge in [-0.1, -0.05) is 23.7 Å². The van der Waals surface area contributed by atoms with Gasteiger partial charge in [-0.05, 0) is 17.7 Å². The van der Waals surface area contributed by atoms with Crippen LogP contribution in [0.4, 0.5) is 13.2 Å². The first-order valence-corrected chi connectivity index (χ1v) is 6.03. The zero-order chi connectivity index (χ0) is 13.2. The molecule has 0 aliphatic carbocycles. The van der Waals surface area contributed by atoms with Gasteiger partial charge in [0.15, 0.2) is 0 Å². The lowest BCUT2D eigenvalue weighted by molar-refractivity contribution is -0.137. The van der Waals surface area contributed by atoms with Gasteiger partial charge in [-0.2, -0.15) is 13.2 Å². The predicted octanol–water partition coefficient (Wildman–Crippen LogP) is 3.74. The molecule has 0 atom stereocenters. The van der Waals surface area contributed by atoms with Gasteiger partial charge in [0.2, 0.25) is 0 Å². The summed E-state index contributed by atoms with van der Waals surface area (Å²) in [5, 5.41) is 4.88. The Morgan fingerprint density at radius 1 is 1.28 bits per heavy atom. The Labute approximate surface area is 107 Å². The lowest BCUT2D eigenvalue weighted by Gasteiger charge is -2.11. The van der Waals surface area contributed by atoms with Crippen molar-refractivity contribution < 1.29 is 13.2 Å². The summed E-state index contributed by atoms with van der Waals surface area (Å²) in [7, 11) is 1.73. The van der Waals surface area contributed by atoms with E-state index < -0.39 is 11.7 Å². The number of alkyl halides is 3. The van der Waals surface area contributed by atoms with Crippen molar-refractivity contribution in [3.05, 3.63) is 47.0 Å². The summed E-state index contributed by atoms with van der Waals surface area (Å²) in [5.74, 6) is 0. The standard InChI is InChI=1S/C12H11F3N2S/c1-16-11(8-17-6-7-18-17)9-2-4-10(5-3-9)12(13,14)15/h2-8,16H,1H3/b11-8-. The lowest BCUT2D eigenvalue weighted by Crippen LogP contribution is -2.08. The molecule has 6 heteroatoms. The van der Waals surface area contributed by atoms with Crippen LogP contribution in [0.5, 0.6) is 0 Å². The highest BCUT2D eigenvalue weighted by molar-refractivity contribution is 7.05. The number of benzene rings is 1. The highest BCUT2D eigenvalue weighted by Gasteiger charge is 2.29. The molecule has 1 aromatic carbocycles. The summed E-state index contributed by atoms with van der Waals surface area (Å²) < 4.78 is 39.1. The maximum atomic E-state index is 12.4. The fraction of sp³-hybridized carbons (Fsp3) is 0.167. The molecule has 96 valence electrons. The summed E-state index contributed by atoms with van der Waals surface area (Å²) in [4.78, 5) is 0. The molecule has 0 bridgehead atoms. The number of hydrogen-bond acceptors (Lipinski definition) is 2. The van der Waals surface area contributed by atoms with E-state index in [0.29, 0.717) is 5.56 Å². The molecule has 1 N–H and O–H groups in total. The molecule has 0 aliphatic rings. The van der Waals surface area contributed by atoms with E-state index in [1.165, 1.54) is 23.7 Å². The van der Waals surface area contributed by atoms with E-state index in [2.05, 4.69) is 5.32 Å². The molecule has 0 radical (unpaired) electrons. The minimum Gasteiger partial charge on any atom is -0.386 e. The second kappa shape index (κ2) is 4.89. The smallest absolute Gasteiger partial charge is 0.386 e. The Balaban J connectivity index is 2.27. The Kier molecular flexibility index (Phi) is 3.47. The van der Waals surface area contributed by atoms with Crippen molar-refractivity contribution >= 4 is 23.4 Å². The molecule has 2 aromatic rings. The predicted molar refractivity (Wildman–Crippen MR) is 67.0 cm³/mol. The average molecular weight is 272 g/mol. The molecule has 1 heterocycles. The first kappa shape index (κ1) is 12.8. The molecule has 0 fully saturated rings. The Hall–Kier alpha value is -1.69. The second-order valence-electron chi connectivity index (χ2n) is 3.62. The minimum absolute atomic E-state index is 0.639. The van der Waals surface area contributed by atoms with Crippen molar-refractivity contribution in [1.29, 1.82) is 0 Å². The van der Waals surface area contributed by atoms with E-state index in [1.54, 1.807) is 7.05 Å². The number of halogens is 3. The van der Waals surface area contributed by atoms with E-state index >= 15 is 0 Å². The zero-order valence-corrected chi connectivity index (χ0v) is 10.3. The highest BCUT2D eigenvalue weighted by atomic mass is 32.1. The average Bonchev–Trinajstić information content (AvgIpc) is 2.27. The van der Waals surface area contributed by atoms with Crippen molar-refractivity contribution in [2.75, 3.05) is 7.05 Å². The first-order chi connectivity index (χ1) is 8.50. The van der Waals surface area contributed by atoms with Crippen molar-refractivity contribution in [2.24, 2.45) is 0 Å². The van der Waals surface area contributed by atoms with Crippen LogP contribution in [0.3, 0.4) is 0 Å². The van der Waals surface area contributed by atoms with Crippen LogP contribution in [0.25, 0.3) is 11.9 Å². The second-order valence-corrected chi connectivity index (χ2v) is 4.52. The fourth-order valence-electron chi connectivity index (χ4n) is 1.45. The number of nitrogens with zero attached hydrogens (tertiary/aromatic N) is 1. The SMILES string of the molecule is CN/C(=C\n1ccs1)c1ccc(C(F)(F)F)cc1. The normalized spacial score (nSPS) is 12.8. The molecule has 2 rings (SSSR count). The molecule has 0 saturated carbocycles. The van der Waals surface area contributed by atoms with E-state index in [1.807, 2.05) is 21.7 Å². The third-order valence-electron chi connectivity index (χ3n) is 2.44. The van der Waals surface area contributed by atoms with Crippen LogP contribution in [0.15, 0.2) is 35.8 Å². The van der Waals surface area contributed by atoms with Crippen molar-refractivity contribution in [3.8, 4) is 0 Å². The van der Waals surface area contributed by atoms with Gasteiger partial charge < -0.3 is 5.32 Å². The quantitative estimate of drug-likeness (QED) is 0.900. The van der Waals surface area contributed by atoms with Crippen LogP contribution >= 0.6 is 11.5 Å². The number of aromatic nitrogens is 1. The summed E-state index contributed by atoms with van der Waals surface area (Å²) in [6.07, 6.45) is -0.600. The Bertz CT molecular complexity index is 525. The maximum absolute atomic E-state index is 12.4. The largest absolute Gasteiger partial charge is 0.416 e. The summed E-state index contributed by atoms with van der Waals surface area (Å²) >= 11 is 1.51. The van der Waals surface area contributed by atoms with Gasteiger partial charge in [0, 0.05) is 24.8 Å². The lowest BCUT2D eigenvalue weighted by atomic mass is 10.1. The molecule has 18 heavy (non-hydrogen) atoms. The topological polar surface area (TPSA) is 17.0 Å². The minimum atomic E-state index is -4.29. The summed E-state index contributed by atoms with van der Waals surface area (Å²) in [6.45, 7) is 0. The van der Waals surface area contributed by atoms with Crippen LogP contribution in [0.2, 0.25) is 0 Å². The fourth-order valence-corrected chi connectivity index (χ4v) is 1.88. The van der Waals surface area contributed by atoms with E-state index in [4.69, 9.17) is 0 Å². The third-order valence-corrected chi connectivity index (χ3v) is 3.15. The molecular formula is C12H11F3N2S. The maximum Gasteiger partial charge on any atom is 0.416 e. The van der Waals surface area contributed by atoms with Crippen molar-refractivity contribution in [2.45, 2.75) is 6.18 Å².